The minimum absolute atomic E-state index is 0.108. The van der Waals surface area contributed by atoms with Crippen LogP contribution < -0.4 is 5.73 Å². The largest absolute Gasteiger partial charge is 0.341 e. The van der Waals surface area contributed by atoms with Crippen molar-refractivity contribution in [1.29, 1.82) is 0 Å². The molecule has 1 amide bonds. The summed E-state index contributed by atoms with van der Waals surface area (Å²) in [5.41, 5.74) is 5.88. The third kappa shape index (κ3) is 3.20. The summed E-state index contributed by atoms with van der Waals surface area (Å²) in [6.45, 7) is 3.99. The molecule has 1 atom stereocenters. The summed E-state index contributed by atoms with van der Waals surface area (Å²) in [4.78, 5) is 13.9. The first-order valence-corrected chi connectivity index (χ1v) is 6.06. The number of rotatable bonds is 3. The van der Waals surface area contributed by atoms with Gasteiger partial charge in [-0.05, 0) is 18.8 Å². The van der Waals surface area contributed by atoms with E-state index >= 15 is 0 Å². The number of likely N-dealkylation sites (N-methyl/N-ethyl adjacent to an activating group) is 1. The molecule has 1 saturated carbocycles. The van der Waals surface area contributed by atoms with Gasteiger partial charge in [0.05, 0.1) is 6.04 Å². The second kappa shape index (κ2) is 5.50. The van der Waals surface area contributed by atoms with Crippen molar-refractivity contribution in [3.8, 4) is 0 Å². The monoisotopic (exact) mass is 212 g/mol. The Balaban J connectivity index is 2.50. The van der Waals surface area contributed by atoms with Gasteiger partial charge in [0.25, 0.3) is 0 Å². The minimum Gasteiger partial charge on any atom is -0.341 e. The molecule has 0 heterocycles. The molecule has 0 aliphatic heterocycles. The molecule has 1 aliphatic carbocycles. The van der Waals surface area contributed by atoms with Crippen LogP contribution in [0.5, 0.6) is 0 Å². The smallest absolute Gasteiger partial charge is 0.239 e. The highest BCUT2D eigenvalue weighted by Gasteiger charge is 2.27. The van der Waals surface area contributed by atoms with E-state index in [1.807, 2.05) is 25.8 Å². The molecular formula is C12H24N2O. The Bertz CT molecular complexity index is 210. The van der Waals surface area contributed by atoms with Crippen molar-refractivity contribution in [2.24, 2.45) is 11.7 Å². The van der Waals surface area contributed by atoms with Crippen LogP contribution in [0.25, 0.3) is 0 Å². The molecule has 0 unspecified atom stereocenters. The summed E-state index contributed by atoms with van der Waals surface area (Å²) in [5.74, 6) is 0.334. The zero-order valence-corrected chi connectivity index (χ0v) is 10.2. The summed E-state index contributed by atoms with van der Waals surface area (Å²) in [7, 11) is 1.90. The van der Waals surface area contributed by atoms with Gasteiger partial charge >= 0.3 is 0 Å². The van der Waals surface area contributed by atoms with Gasteiger partial charge in [-0.2, -0.15) is 0 Å². The Labute approximate surface area is 93.0 Å². The van der Waals surface area contributed by atoms with E-state index in [1.54, 1.807) is 0 Å². The second-order valence-electron chi connectivity index (χ2n) is 5.01. The van der Waals surface area contributed by atoms with E-state index in [0.717, 1.165) is 12.8 Å². The predicted octanol–water partition coefficient (Wildman–Crippen LogP) is 1.76. The van der Waals surface area contributed by atoms with Crippen LogP contribution in [0.4, 0.5) is 0 Å². The second-order valence-corrected chi connectivity index (χ2v) is 5.01. The molecule has 88 valence electrons. The highest BCUT2D eigenvalue weighted by Crippen LogP contribution is 2.22. The molecule has 0 aromatic rings. The maximum atomic E-state index is 12.0. The number of hydrogen-bond acceptors (Lipinski definition) is 2. The summed E-state index contributed by atoms with van der Waals surface area (Å²) < 4.78 is 0. The summed E-state index contributed by atoms with van der Waals surface area (Å²) in [6, 6.07) is 0.0907. The van der Waals surface area contributed by atoms with E-state index in [9.17, 15) is 4.79 Å². The number of nitrogens with zero attached hydrogens (tertiary/aromatic N) is 1. The van der Waals surface area contributed by atoms with E-state index in [-0.39, 0.29) is 17.9 Å². The SMILES string of the molecule is CC(C)[C@@H](N)C(=O)N(C)C1CCCCC1. The predicted molar refractivity (Wildman–Crippen MR) is 62.5 cm³/mol. The lowest BCUT2D eigenvalue weighted by Gasteiger charge is -2.33. The third-order valence-electron chi connectivity index (χ3n) is 3.47. The van der Waals surface area contributed by atoms with Crippen molar-refractivity contribution in [1.82, 2.24) is 4.90 Å². The van der Waals surface area contributed by atoms with Crippen molar-refractivity contribution in [3.63, 3.8) is 0 Å². The first-order chi connectivity index (χ1) is 7.04. The molecule has 1 fully saturated rings. The van der Waals surface area contributed by atoms with E-state index in [4.69, 9.17) is 5.73 Å². The summed E-state index contributed by atoms with van der Waals surface area (Å²) in [5, 5.41) is 0. The van der Waals surface area contributed by atoms with Crippen molar-refractivity contribution >= 4 is 5.91 Å². The van der Waals surface area contributed by atoms with Gasteiger partial charge in [-0.15, -0.1) is 0 Å². The average molecular weight is 212 g/mol. The lowest BCUT2D eigenvalue weighted by Crippen LogP contribution is -2.49. The molecule has 3 nitrogen and oxygen atoms in total. The average Bonchev–Trinajstić information content (AvgIpc) is 2.27. The fraction of sp³-hybridized carbons (Fsp3) is 0.917. The van der Waals surface area contributed by atoms with Gasteiger partial charge in [-0.3, -0.25) is 4.79 Å². The molecule has 0 spiro atoms. The molecule has 0 aromatic heterocycles. The summed E-state index contributed by atoms with van der Waals surface area (Å²) in [6.07, 6.45) is 6.10. The zero-order valence-electron chi connectivity index (χ0n) is 10.2. The zero-order chi connectivity index (χ0) is 11.4. The number of nitrogens with two attached hydrogens (primary N) is 1. The van der Waals surface area contributed by atoms with E-state index < -0.39 is 0 Å². The topological polar surface area (TPSA) is 46.3 Å². The van der Waals surface area contributed by atoms with Crippen LogP contribution in [0.1, 0.15) is 46.0 Å². The van der Waals surface area contributed by atoms with Gasteiger partial charge < -0.3 is 10.6 Å². The van der Waals surface area contributed by atoms with Crippen LogP contribution >= 0.6 is 0 Å². The standard InChI is InChI=1S/C12H24N2O/c1-9(2)11(13)12(15)14(3)10-7-5-4-6-8-10/h9-11H,4-8,13H2,1-3H3/t11-/m1/s1. The Hall–Kier alpha value is -0.570. The molecule has 1 rings (SSSR count). The van der Waals surface area contributed by atoms with Crippen LogP contribution in [0.15, 0.2) is 0 Å². The first-order valence-electron chi connectivity index (χ1n) is 6.06. The van der Waals surface area contributed by atoms with Gasteiger partial charge in [0, 0.05) is 13.1 Å². The fourth-order valence-electron chi connectivity index (χ4n) is 2.17. The minimum atomic E-state index is -0.336. The van der Waals surface area contributed by atoms with Crippen LogP contribution in [0.3, 0.4) is 0 Å². The molecule has 0 saturated heterocycles. The van der Waals surface area contributed by atoms with Gasteiger partial charge in [-0.1, -0.05) is 33.1 Å². The summed E-state index contributed by atoms with van der Waals surface area (Å²) >= 11 is 0. The first kappa shape index (κ1) is 12.5. The van der Waals surface area contributed by atoms with Gasteiger partial charge in [0.15, 0.2) is 0 Å². The highest BCUT2D eigenvalue weighted by atomic mass is 16.2. The maximum absolute atomic E-state index is 12.0. The molecule has 0 bridgehead atoms. The number of hydrogen-bond donors (Lipinski definition) is 1. The normalized spacial score (nSPS) is 20.3. The highest BCUT2D eigenvalue weighted by molar-refractivity contribution is 5.81. The molecule has 1 aliphatic rings. The molecule has 15 heavy (non-hydrogen) atoms. The number of carbonyl (C=O) groups excluding carboxylic acids is 1. The molecule has 0 aromatic carbocycles. The Kier molecular flexibility index (Phi) is 4.58. The Morgan fingerprint density at radius 3 is 2.27 bits per heavy atom. The Morgan fingerprint density at radius 2 is 1.80 bits per heavy atom. The van der Waals surface area contributed by atoms with Gasteiger partial charge in [0.1, 0.15) is 0 Å². The quantitative estimate of drug-likeness (QED) is 0.775. The molecule has 2 N–H and O–H groups in total. The van der Waals surface area contributed by atoms with E-state index in [1.165, 1.54) is 19.3 Å². The molecule has 0 radical (unpaired) electrons. The molecule has 3 heteroatoms. The van der Waals surface area contributed by atoms with Gasteiger partial charge in [0.2, 0.25) is 5.91 Å². The van der Waals surface area contributed by atoms with Crippen LogP contribution in [-0.2, 0) is 4.79 Å². The van der Waals surface area contributed by atoms with E-state index in [2.05, 4.69) is 0 Å². The Morgan fingerprint density at radius 1 is 1.27 bits per heavy atom. The van der Waals surface area contributed by atoms with Crippen molar-refractivity contribution in [3.05, 3.63) is 0 Å². The lowest BCUT2D eigenvalue weighted by molar-refractivity contribution is -0.134. The van der Waals surface area contributed by atoms with Crippen molar-refractivity contribution < 1.29 is 4.79 Å². The van der Waals surface area contributed by atoms with Crippen LogP contribution in [0, 0.1) is 5.92 Å². The third-order valence-corrected chi connectivity index (χ3v) is 3.47. The van der Waals surface area contributed by atoms with Gasteiger partial charge in [-0.25, -0.2) is 0 Å². The number of amides is 1. The van der Waals surface area contributed by atoms with Crippen LogP contribution in [-0.4, -0.2) is 29.9 Å². The molecular weight excluding hydrogens is 188 g/mol. The van der Waals surface area contributed by atoms with Crippen molar-refractivity contribution in [2.75, 3.05) is 7.05 Å². The van der Waals surface area contributed by atoms with E-state index in [0.29, 0.717) is 6.04 Å². The fourth-order valence-corrected chi connectivity index (χ4v) is 2.17. The number of carbonyl (C=O) groups is 1. The lowest BCUT2D eigenvalue weighted by atomic mass is 9.93. The van der Waals surface area contributed by atoms with Crippen LogP contribution in [0.2, 0.25) is 0 Å². The van der Waals surface area contributed by atoms with Crippen molar-refractivity contribution in [2.45, 2.75) is 58.0 Å². The maximum Gasteiger partial charge on any atom is 0.239 e.